The number of aryl methyl sites for hydroxylation is 2. The van der Waals surface area contributed by atoms with E-state index in [9.17, 15) is 4.79 Å². The molecule has 0 radical (unpaired) electrons. The molecule has 0 aliphatic carbocycles. The maximum atomic E-state index is 12.7. The number of hydrogen-bond acceptors (Lipinski definition) is 5. The van der Waals surface area contributed by atoms with Crippen molar-refractivity contribution >= 4 is 38.7 Å². The quantitative estimate of drug-likeness (QED) is 0.640. The first-order valence-corrected chi connectivity index (χ1v) is 9.74. The second-order valence-corrected chi connectivity index (χ2v) is 7.53. The molecule has 2 aromatic heterocycles. The Bertz CT molecular complexity index is 993. The van der Waals surface area contributed by atoms with E-state index in [0.29, 0.717) is 19.5 Å². The molecule has 0 bridgehead atoms. The van der Waals surface area contributed by atoms with Crippen molar-refractivity contribution < 1.29 is 4.79 Å². The van der Waals surface area contributed by atoms with E-state index in [-0.39, 0.29) is 5.91 Å². The third kappa shape index (κ3) is 3.41. The van der Waals surface area contributed by atoms with Crippen molar-refractivity contribution in [3.8, 4) is 0 Å². The van der Waals surface area contributed by atoms with Gasteiger partial charge in [0.05, 0.1) is 11.8 Å². The average Bonchev–Trinajstić information content (AvgIpc) is 2.98. The minimum atomic E-state index is 0.180. The predicted molar refractivity (Wildman–Crippen MR) is 108 cm³/mol. The van der Waals surface area contributed by atoms with Gasteiger partial charge in [-0.1, -0.05) is 24.3 Å². The standard InChI is InChI=1S/C19H21BrN6O/c1-13-5-3-4-6-14(13)11-15(27)25-7-9-26(10-8-25)19-16-17(20)23-24(2)18(16)21-12-22-19/h3-6,12H,7-11H2,1-2H3. The van der Waals surface area contributed by atoms with Gasteiger partial charge in [-0.05, 0) is 34.0 Å². The lowest BCUT2D eigenvalue weighted by atomic mass is 10.1. The summed E-state index contributed by atoms with van der Waals surface area (Å²) in [6.07, 6.45) is 2.03. The van der Waals surface area contributed by atoms with E-state index in [1.54, 1.807) is 11.0 Å². The van der Waals surface area contributed by atoms with Crippen LogP contribution in [0.15, 0.2) is 35.2 Å². The van der Waals surface area contributed by atoms with Gasteiger partial charge in [-0.3, -0.25) is 4.79 Å². The second kappa shape index (κ2) is 7.26. The number of aromatic nitrogens is 4. The van der Waals surface area contributed by atoms with Crippen LogP contribution in [-0.2, 0) is 18.3 Å². The van der Waals surface area contributed by atoms with Gasteiger partial charge in [0.1, 0.15) is 16.7 Å². The SMILES string of the molecule is Cc1ccccc1CC(=O)N1CCN(c2ncnc3c2c(Br)nn3C)CC1. The van der Waals surface area contributed by atoms with E-state index in [1.165, 1.54) is 0 Å². The summed E-state index contributed by atoms with van der Waals surface area (Å²) in [5.74, 6) is 1.05. The van der Waals surface area contributed by atoms with E-state index < -0.39 is 0 Å². The molecule has 0 unspecified atom stereocenters. The molecule has 1 fully saturated rings. The fraction of sp³-hybridized carbons (Fsp3) is 0.368. The molecule has 140 valence electrons. The molecule has 0 saturated carbocycles. The molecule has 1 amide bonds. The highest BCUT2D eigenvalue weighted by Crippen LogP contribution is 2.30. The van der Waals surface area contributed by atoms with Gasteiger partial charge in [0.2, 0.25) is 5.91 Å². The lowest BCUT2D eigenvalue weighted by molar-refractivity contribution is -0.130. The van der Waals surface area contributed by atoms with Crippen molar-refractivity contribution in [3.63, 3.8) is 0 Å². The second-order valence-electron chi connectivity index (χ2n) is 6.78. The number of rotatable bonds is 3. The van der Waals surface area contributed by atoms with E-state index in [0.717, 1.165) is 45.7 Å². The van der Waals surface area contributed by atoms with Crippen LogP contribution in [-0.4, -0.2) is 56.7 Å². The van der Waals surface area contributed by atoms with Crippen molar-refractivity contribution in [2.24, 2.45) is 7.05 Å². The van der Waals surface area contributed by atoms with Crippen molar-refractivity contribution in [2.45, 2.75) is 13.3 Å². The van der Waals surface area contributed by atoms with Crippen LogP contribution in [0.5, 0.6) is 0 Å². The Morgan fingerprint density at radius 3 is 2.63 bits per heavy atom. The van der Waals surface area contributed by atoms with E-state index in [4.69, 9.17) is 0 Å². The number of anilines is 1. The van der Waals surface area contributed by atoms with Gasteiger partial charge in [0.25, 0.3) is 0 Å². The summed E-state index contributed by atoms with van der Waals surface area (Å²) in [6.45, 7) is 4.91. The minimum absolute atomic E-state index is 0.180. The number of benzene rings is 1. The Balaban J connectivity index is 1.47. The monoisotopic (exact) mass is 428 g/mol. The van der Waals surface area contributed by atoms with Crippen molar-refractivity contribution in [2.75, 3.05) is 31.1 Å². The van der Waals surface area contributed by atoms with E-state index in [1.807, 2.05) is 43.1 Å². The topological polar surface area (TPSA) is 67.2 Å². The molecule has 4 rings (SSSR count). The normalized spacial score (nSPS) is 14.8. The van der Waals surface area contributed by atoms with Crippen LogP contribution in [0.1, 0.15) is 11.1 Å². The number of nitrogens with zero attached hydrogens (tertiary/aromatic N) is 6. The van der Waals surface area contributed by atoms with Crippen LogP contribution >= 0.6 is 15.9 Å². The molecule has 3 aromatic rings. The van der Waals surface area contributed by atoms with Gasteiger partial charge in [-0.2, -0.15) is 5.10 Å². The molecule has 0 spiro atoms. The molecule has 0 atom stereocenters. The first kappa shape index (κ1) is 17.9. The van der Waals surface area contributed by atoms with Crippen LogP contribution < -0.4 is 4.90 Å². The molecule has 1 aliphatic heterocycles. The minimum Gasteiger partial charge on any atom is -0.352 e. The first-order chi connectivity index (χ1) is 13.0. The van der Waals surface area contributed by atoms with Crippen molar-refractivity contribution in [3.05, 3.63) is 46.3 Å². The van der Waals surface area contributed by atoms with Crippen LogP contribution in [0.25, 0.3) is 11.0 Å². The van der Waals surface area contributed by atoms with Crippen LogP contribution in [0.4, 0.5) is 5.82 Å². The zero-order chi connectivity index (χ0) is 19.0. The van der Waals surface area contributed by atoms with Gasteiger partial charge in [0.15, 0.2) is 5.65 Å². The highest BCUT2D eigenvalue weighted by Gasteiger charge is 2.25. The zero-order valence-corrected chi connectivity index (χ0v) is 17.0. The Kier molecular flexibility index (Phi) is 4.82. The summed E-state index contributed by atoms with van der Waals surface area (Å²) in [5, 5.41) is 5.30. The molecule has 1 saturated heterocycles. The van der Waals surface area contributed by atoms with E-state index >= 15 is 0 Å². The number of carbonyl (C=O) groups is 1. The molecule has 1 aromatic carbocycles. The first-order valence-electron chi connectivity index (χ1n) is 8.95. The largest absolute Gasteiger partial charge is 0.352 e. The van der Waals surface area contributed by atoms with Gasteiger partial charge >= 0.3 is 0 Å². The maximum Gasteiger partial charge on any atom is 0.227 e. The summed E-state index contributed by atoms with van der Waals surface area (Å²) in [4.78, 5) is 25.6. The van der Waals surface area contributed by atoms with Gasteiger partial charge in [-0.15, -0.1) is 0 Å². The summed E-state index contributed by atoms with van der Waals surface area (Å²) < 4.78 is 2.49. The molecule has 7 nitrogen and oxygen atoms in total. The maximum absolute atomic E-state index is 12.7. The number of amides is 1. The highest BCUT2D eigenvalue weighted by molar-refractivity contribution is 9.10. The summed E-state index contributed by atoms with van der Waals surface area (Å²) >= 11 is 3.51. The fourth-order valence-electron chi connectivity index (χ4n) is 3.52. The Morgan fingerprint density at radius 1 is 1.15 bits per heavy atom. The van der Waals surface area contributed by atoms with Crippen LogP contribution in [0, 0.1) is 6.92 Å². The number of halogens is 1. The lowest BCUT2D eigenvalue weighted by Crippen LogP contribution is -2.49. The number of fused-ring (bicyclic) bond motifs is 1. The molecule has 1 aliphatic rings. The third-order valence-electron chi connectivity index (χ3n) is 5.09. The molecule has 3 heterocycles. The van der Waals surface area contributed by atoms with Gasteiger partial charge in [0, 0.05) is 33.2 Å². The molecular formula is C19H21BrN6O. The smallest absolute Gasteiger partial charge is 0.227 e. The molecular weight excluding hydrogens is 408 g/mol. The van der Waals surface area contributed by atoms with Crippen molar-refractivity contribution in [1.82, 2.24) is 24.6 Å². The summed E-state index contributed by atoms with van der Waals surface area (Å²) in [5.41, 5.74) is 3.06. The Hall–Kier alpha value is -2.48. The molecule has 8 heteroatoms. The molecule has 0 N–H and O–H groups in total. The third-order valence-corrected chi connectivity index (χ3v) is 5.65. The highest BCUT2D eigenvalue weighted by atomic mass is 79.9. The average molecular weight is 429 g/mol. The lowest BCUT2D eigenvalue weighted by Gasteiger charge is -2.35. The fourth-order valence-corrected chi connectivity index (χ4v) is 4.11. The Labute approximate surface area is 166 Å². The summed E-state index contributed by atoms with van der Waals surface area (Å²) in [6, 6.07) is 8.06. The molecule has 27 heavy (non-hydrogen) atoms. The summed E-state index contributed by atoms with van der Waals surface area (Å²) in [7, 11) is 1.87. The van der Waals surface area contributed by atoms with Crippen LogP contribution in [0.2, 0.25) is 0 Å². The Morgan fingerprint density at radius 2 is 1.89 bits per heavy atom. The van der Waals surface area contributed by atoms with E-state index in [2.05, 4.69) is 35.9 Å². The number of hydrogen-bond donors (Lipinski definition) is 0. The number of carbonyl (C=O) groups excluding carboxylic acids is 1. The van der Waals surface area contributed by atoms with Crippen molar-refractivity contribution in [1.29, 1.82) is 0 Å². The van der Waals surface area contributed by atoms with Gasteiger partial charge in [-0.25, -0.2) is 14.6 Å². The number of piperazine rings is 1. The zero-order valence-electron chi connectivity index (χ0n) is 15.4. The predicted octanol–water partition coefficient (Wildman–Crippen LogP) is 2.33. The van der Waals surface area contributed by atoms with Gasteiger partial charge < -0.3 is 9.80 Å². The van der Waals surface area contributed by atoms with Crippen LogP contribution in [0.3, 0.4) is 0 Å².